The molecule has 5 nitrogen and oxygen atoms in total. The van der Waals surface area contributed by atoms with E-state index in [0.717, 1.165) is 27.9 Å². The van der Waals surface area contributed by atoms with Gasteiger partial charge in [-0.25, -0.2) is 9.37 Å². The van der Waals surface area contributed by atoms with Crippen LogP contribution in [0.5, 0.6) is 0 Å². The maximum atomic E-state index is 13.1. The van der Waals surface area contributed by atoms with Crippen molar-refractivity contribution in [1.29, 1.82) is 0 Å². The molecule has 0 amide bonds. The largest absolute Gasteiger partial charge is 0.339 e. The highest BCUT2D eigenvalue weighted by atomic mass is 35.5. The van der Waals surface area contributed by atoms with E-state index in [0.29, 0.717) is 17.1 Å². The van der Waals surface area contributed by atoms with Gasteiger partial charge < -0.3 is 4.98 Å². The number of rotatable bonds is 5. The van der Waals surface area contributed by atoms with Gasteiger partial charge in [-0.3, -0.25) is 9.89 Å². The van der Waals surface area contributed by atoms with E-state index >= 15 is 0 Å². The number of ketones is 1. The monoisotopic (exact) mass is 382 g/mol. The average Bonchev–Trinajstić information content (AvgIpc) is 3.25. The maximum Gasteiger partial charge on any atom is 0.189 e. The second-order valence-electron chi connectivity index (χ2n) is 6.29. The van der Waals surface area contributed by atoms with Gasteiger partial charge in [0, 0.05) is 23.7 Å². The van der Waals surface area contributed by atoms with E-state index in [1.165, 1.54) is 12.1 Å². The van der Waals surface area contributed by atoms with Gasteiger partial charge in [0.2, 0.25) is 0 Å². The van der Waals surface area contributed by atoms with Crippen LogP contribution in [0.25, 0.3) is 22.3 Å². The second kappa shape index (κ2) is 6.96. The van der Waals surface area contributed by atoms with Crippen molar-refractivity contribution in [2.75, 3.05) is 0 Å². The highest BCUT2D eigenvalue weighted by Gasteiger charge is 2.18. The van der Waals surface area contributed by atoms with Crippen LogP contribution in [0.1, 0.15) is 28.7 Å². The van der Waals surface area contributed by atoms with Gasteiger partial charge in [-0.1, -0.05) is 18.5 Å². The number of aromatic nitrogens is 4. The van der Waals surface area contributed by atoms with E-state index in [9.17, 15) is 9.18 Å². The van der Waals surface area contributed by atoms with Crippen LogP contribution in [-0.2, 0) is 12.8 Å². The summed E-state index contributed by atoms with van der Waals surface area (Å²) in [7, 11) is 0. The maximum absolute atomic E-state index is 13.1. The Morgan fingerprint density at radius 2 is 2.00 bits per heavy atom. The van der Waals surface area contributed by atoms with Crippen LogP contribution in [0.3, 0.4) is 0 Å². The Morgan fingerprint density at radius 1 is 1.22 bits per heavy atom. The van der Waals surface area contributed by atoms with E-state index in [4.69, 9.17) is 11.6 Å². The van der Waals surface area contributed by atoms with Crippen LogP contribution in [0.15, 0.2) is 42.6 Å². The number of hydrogen-bond acceptors (Lipinski definition) is 3. The lowest BCUT2D eigenvalue weighted by molar-refractivity contribution is 0.0988. The number of halogens is 2. The van der Waals surface area contributed by atoms with Gasteiger partial charge in [-0.15, -0.1) is 0 Å². The Hall–Kier alpha value is -2.99. The van der Waals surface area contributed by atoms with E-state index in [2.05, 4.69) is 20.2 Å². The summed E-state index contributed by atoms with van der Waals surface area (Å²) in [5, 5.41) is 8.09. The number of pyridine rings is 1. The number of Topliss-reactive ketones (excluding diaryl/α,β-unsaturated/α-hetero) is 1. The fourth-order valence-corrected chi connectivity index (χ4v) is 3.32. The molecule has 3 heterocycles. The molecule has 0 aliphatic heterocycles. The van der Waals surface area contributed by atoms with Gasteiger partial charge in [0.1, 0.15) is 17.2 Å². The van der Waals surface area contributed by atoms with Crippen LogP contribution >= 0.6 is 11.6 Å². The van der Waals surface area contributed by atoms with Gasteiger partial charge in [0.15, 0.2) is 5.78 Å². The molecule has 0 saturated heterocycles. The summed E-state index contributed by atoms with van der Waals surface area (Å²) in [6.07, 6.45) is 2.50. The zero-order chi connectivity index (χ0) is 19.0. The van der Waals surface area contributed by atoms with Gasteiger partial charge in [-0.2, -0.15) is 5.10 Å². The van der Waals surface area contributed by atoms with Crippen LogP contribution in [-0.4, -0.2) is 25.9 Å². The Kier molecular flexibility index (Phi) is 4.49. The highest BCUT2D eigenvalue weighted by Crippen LogP contribution is 2.25. The molecule has 0 spiro atoms. The average molecular weight is 383 g/mol. The van der Waals surface area contributed by atoms with Crippen LogP contribution in [0.4, 0.5) is 4.39 Å². The SMILES string of the molecule is CCc1[nH]nc(C(=O)Cc2cnc3[nH]c(-c4ccc(F)cc4)cc3c2)c1Cl. The van der Waals surface area contributed by atoms with E-state index in [1.807, 2.05) is 19.1 Å². The molecule has 0 radical (unpaired) electrons. The fraction of sp³-hybridized carbons (Fsp3) is 0.150. The minimum absolute atomic E-state index is 0.160. The predicted octanol–water partition coefficient (Wildman–Crippen LogP) is 4.73. The fourth-order valence-electron chi connectivity index (χ4n) is 3.00. The Bertz CT molecular complexity index is 1130. The van der Waals surface area contributed by atoms with E-state index in [1.54, 1.807) is 18.3 Å². The van der Waals surface area contributed by atoms with E-state index in [-0.39, 0.29) is 23.7 Å². The number of nitrogens with one attached hydrogen (secondary N) is 2. The summed E-state index contributed by atoms with van der Waals surface area (Å²) < 4.78 is 13.1. The third-order valence-corrected chi connectivity index (χ3v) is 4.85. The minimum Gasteiger partial charge on any atom is -0.339 e. The van der Waals surface area contributed by atoms with Gasteiger partial charge in [0.05, 0.1) is 10.7 Å². The first-order valence-electron chi connectivity index (χ1n) is 8.54. The summed E-state index contributed by atoms with van der Waals surface area (Å²) in [6, 6.07) is 10.1. The van der Waals surface area contributed by atoms with Crippen LogP contribution in [0, 0.1) is 5.82 Å². The molecule has 3 aromatic heterocycles. The van der Waals surface area contributed by atoms with Gasteiger partial charge in [0.25, 0.3) is 0 Å². The number of fused-ring (bicyclic) bond motifs is 1. The van der Waals surface area contributed by atoms with Gasteiger partial charge in [-0.05, 0) is 53.9 Å². The molecule has 4 rings (SSSR count). The number of nitrogens with zero attached hydrogens (tertiary/aromatic N) is 2. The molecule has 1 aromatic carbocycles. The number of H-pyrrole nitrogens is 2. The molecule has 4 aromatic rings. The molecule has 136 valence electrons. The third kappa shape index (κ3) is 3.36. The molecule has 2 N–H and O–H groups in total. The van der Waals surface area contributed by atoms with Crippen LogP contribution in [0.2, 0.25) is 5.02 Å². The first-order valence-corrected chi connectivity index (χ1v) is 8.92. The number of aromatic amines is 2. The molecular formula is C20H16ClFN4O. The topological polar surface area (TPSA) is 74.4 Å². The molecule has 0 bridgehead atoms. The molecule has 0 aliphatic carbocycles. The predicted molar refractivity (Wildman–Crippen MR) is 102 cm³/mol. The molecule has 0 fully saturated rings. The standard InChI is InChI=1S/C20H16ClFN4O/c1-2-15-18(21)19(26-25-15)17(27)8-11-7-13-9-16(24-20(13)23-10-11)12-3-5-14(22)6-4-12/h3-7,9-10H,2,8H2,1H3,(H,23,24)(H,25,26). The van der Waals surface area contributed by atoms with Crippen molar-refractivity contribution in [3.05, 3.63) is 70.4 Å². The molecular weight excluding hydrogens is 367 g/mol. The number of aryl methyl sites for hydroxylation is 1. The number of carbonyl (C=O) groups excluding carboxylic acids is 1. The summed E-state index contributed by atoms with van der Waals surface area (Å²) in [6.45, 7) is 1.94. The van der Waals surface area contributed by atoms with Gasteiger partial charge >= 0.3 is 0 Å². The van der Waals surface area contributed by atoms with Crippen molar-refractivity contribution in [1.82, 2.24) is 20.2 Å². The smallest absolute Gasteiger partial charge is 0.189 e. The molecule has 0 aliphatic rings. The number of hydrogen-bond donors (Lipinski definition) is 2. The molecule has 0 atom stereocenters. The van der Waals surface area contributed by atoms with Crippen molar-refractivity contribution < 1.29 is 9.18 Å². The zero-order valence-corrected chi connectivity index (χ0v) is 15.3. The summed E-state index contributed by atoms with van der Waals surface area (Å²) in [5.41, 5.74) is 4.19. The molecule has 0 unspecified atom stereocenters. The Labute approximate surface area is 159 Å². The van der Waals surface area contributed by atoms with Crippen molar-refractivity contribution in [3.63, 3.8) is 0 Å². The summed E-state index contributed by atoms with van der Waals surface area (Å²) in [4.78, 5) is 20.1. The van der Waals surface area contributed by atoms with Crippen molar-refractivity contribution >= 4 is 28.4 Å². The first kappa shape index (κ1) is 17.4. The molecule has 7 heteroatoms. The summed E-state index contributed by atoms with van der Waals surface area (Å²) in [5.74, 6) is -0.441. The lowest BCUT2D eigenvalue weighted by atomic mass is 10.1. The van der Waals surface area contributed by atoms with E-state index < -0.39 is 0 Å². The molecule has 0 saturated carbocycles. The Balaban J connectivity index is 1.60. The number of benzene rings is 1. The lowest BCUT2D eigenvalue weighted by Gasteiger charge is -2.00. The minimum atomic E-state index is -0.281. The van der Waals surface area contributed by atoms with Crippen molar-refractivity contribution in [2.45, 2.75) is 19.8 Å². The lowest BCUT2D eigenvalue weighted by Crippen LogP contribution is -2.05. The van der Waals surface area contributed by atoms with Crippen LogP contribution < -0.4 is 0 Å². The second-order valence-corrected chi connectivity index (χ2v) is 6.67. The number of carbonyl (C=O) groups is 1. The first-order chi connectivity index (χ1) is 13.0. The van der Waals surface area contributed by atoms with Crippen molar-refractivity contribution in [3.8, 4) is 11.3 Å². The quantitative estimate of drug-likeness (QED) is 0.490. The Morgan fingerprint density at radius 3 is 2.70 bits per heavy atom. The molecule has 27 heavy (non-hydrogen) atoms. The highest BCUT2D eigenvalue weighted by molar-refractivity contribution is 6.34. The zero-order valence-electron chi connectivity index (χ0n) is 14.5. The summed E-state index contributed by atoms with van der Waals surface area (Å²) >= 11 is 6.20. The third-order valence-electron chi connectivity index (χ3n) is 4.44. The normalized spacial score (nSPS) is 11.2. The van der Waals surface area contributed by atoms with Crippen molar-refractivity contribution in [2.24, 2.45) is 0 Å².